The first-order chi connectivity index (χ1) is 18.8. The number of ether oxygens (including phenoxy) is 1. The van der Waals surface area contributed by atoms with Crippen molar-refractivity contribution in [3.05, 3.63) is 82.5 Å². The van der Waals surface area contributed by atoms with Gasteiger partial charge in [-0.1, -0.05) is 29.8 Å². The minimum Gasteiger partial charge on any atom is -0.365 e. The number of benzene rings is 1. The number of hydrogen-bond acceptors (Lipinski definition) is 8. The van der Waals surface area contributed by atoms with Gasteiger partial charge < -0.3 is 15.8 Å². The van der Waals surface area contributed by atoms with Gasteiger partial charge in [0, 0.05) is 23.8 Å². The molecule has 0 spiro atoms. The van der Waals surface area contributed by atoms with E-state index < -0.39 is 40.1 Å². The number of nitrogens with one attached hydrogen (secondary N) is 3. The number of carbonyl (C=O) groups is 1. The molecule has 0 saturated carbocycles. The highest BCUT2D eigenvalue weighted by Gasteiger charge is 2.37. The third-order valence-electron chi connectivity index (χ3n) is 5.67. The van der Waals surface area contributed by atoms with Gasteiger partial charge in [-0.3, -0.25) is 19.6 Å². The van der Waals surface area contributed by atoms with Crippen molar-refractivity contribution >= 4 is 44.7 Å². The Hall–Kier alpha value is -3.95. The molecule has 0 radical (unpaired) electrons. The standard InChI is InChI=1S/C24H23ClF3N7O4S/c1-13(14-3-2-4-16(25)9-14)39-18-10-15(5-6-17(18)35-40(37,38)12-24(26,27)28)21-20(22(29)36)23(34-33-21)32-19-11-30-7-8-31-19/h2-9,11,13,18,35H,10,12H2,1H3,(H2,29,36)(H2,31,32,33,34)/t13-,18?/m0/s1. The van der Waals surface area contributed by atoms with Gasteiger partial charge in [-0.2, -0.15) is 18.3 Å². The summed E-state index contributed by atoms with van der Waals surface area (Å²) in [6, 6.07) is 6.74. The second kappa shape index (κ2) is 11.7. The van der Waals surface area contributed by atoms with E-state index in [-0.39, 0.29) is 29.2 Å². The van der Waals surface area contributed by atoms with Crippen molar-refractivity contribution < 1.29 is 31.1 Å². The number of sulfonamides is 1. The van der Waals surface area contributed by atoms with Crippen molar-refractivity contribution in [2.45, 2.75) is 31.7 Å². The molecule has 1 amide bonds. The maximum Gasteiger partial charge on any atom is 0.404 e. The van der Waals surface area contributed by atoms with Crippen LogP contribution >= 0.6 is 11.6 Å². The van der Waals surface area contributed by atoms with Crippen LogP contribution in [0.15, 0.2) is 60.7 Å². The third kappa shape index (κ3) is 7.37. The monoisotopic (exact) mass is 597 g/mol. The van der Waals surface area contributed by atoms with E-state index in [1.54, 1.807) is 31.2 Å². The molecule has 2 heterocycles. The normalized spacial score (nSPS) is 16.6. The van der Waals surface area contributed by atoms with E-state index in [1.165, 1.54) is 30.7 Å². The first kappa shape index (κ1) is 29.0. The molecule has 3 aromatic rings. The van der Waals surface area contributed by atoms with E-state index >= 15 is 0 Å². The van der Waals surface area contributed by atoms with Crippen molar-refractivity contribution in [1.82, 2.24) is 24.9 Å². The Morgan fingerprint density at radius 3 is 2.73 bits per heavy atom. The fourth-order valence-corrected chi connectivity index (χ4v) is 5.25. The fourth-order valence-electron chi connectivity index (χ4n) is 3.99. The topological polar surface area (TPSA) is 165 Å². The summed E-state index contributed by atoms with van der Waals surface area (Å²) in [5.41, 5.74) is 6.77. The number of aromatic amines is 1. The predicted octanol–water partition coefficient (Wildman–Crippen LogP) is 3.99. The fraction of sp³-hybridized carbons (Fsp3) is 0.250. The van der Waals surface area contributed by atoms with Crippen LogP contribution in [0.1, 0.15) is 41.1 Å². The zero-order valence-corrected chi connectivity index (χ0v) is 22.3. The molecular formula is C24H23ClF3N7O4S. The molecule has 1 aliphatic carbocycles. The zero-order chi connectivity index (χ0) is 29.1. The highest BCUT2D eigenvalue weighted by molar-refractivity contribution is 7.89. The lowest BCUT2D eigenvalue weighted by Crippen LogP contribution is -2.38. The van der Waals surface area contributed by atoms with Crippen LogP contribution in [0.4, 0.5) is 24.8 Å². The summed E-state index contributed by atoms with van der Waals surface area (Å²) in [6.07, 6.45) is 0.262. The lowest BCUT2D eigenvalue weighted by Gasteiger charge is -2.29. The summed E-state index contributed by atoms with van der Waals surface area (Å²) in [7, 11) is -4.80. The second-order valence-corrected chi connectivity index (χ2v) is 10.9. The van der Waals surface area contributed by atoms with Crippen LogP contribution in [0.5, 0.6) is 0 Å². The molecule has 0 fully saturated rings. The highest BCUT2D eigenvalue weighted by atomic mass is 35.5. The Bertz CT molecular complexity index is 1560. The Labute approximate surface area is 231 Å². The largest absolute Gasteiger partial charge is 0.404 e. The molecule has 2 aromatic heterocycles. The number of alkyl halides is 3. The van der Waals surface area contributed by atoms with Gasteiger partial charge in [0.25, 0.3) is 5.91 Å². The quantitative estimate of drug-likeness (QED) is 0.272. The van der Waals surface area contributed by atoms with E-state index in [0.717, 1.165) is 0 Å². The van der Waals surface area contributed by atoms with Crippen LogP contribution < -0.4 is 15.8 Å². The van der Waals surface area contributed by atoms with Gasteiger partial charge >= 0.3 is 6.18 Å². The maximum atomic E-state index is 12.9. The van der Waals surface area contributed by atoms with Crippen molar-refractivity contribution in [2.24, 2.45) is 5.73 Å². The second-order valence-electron chi connectivity index (χ2n) is 8.72. The van der Waals surface area contributed by atoms with Gasteiger partial charge in [-0.15, -0.1) is 0 Å². The van der Waals surface area contributed by atoms with Crippen LogP contribution in [-0.2, 0) is 14.8 Å². The maximum absolute atomic E-state index is 12.9. The molecule has 212 valence electrons. The summed E-state index contributed by atoms with van der Waals surface area (Å²) in [6.45, 7) is 1.68. The van der Waals surface area contributed by atoms with E-state index in [9.17, 15) is 26.4 Å². The van der Waals surface area contributed by atoms with Gasteiger partial charge in [0.05, 0.1) is 23.7 Å². The minimum atomic E-state index is -4.95. The predicted molar refractivity (Wildman–Crippen MR) is 141 cm³/mol. The number of amides is 1. The molecule has 2 atom stereocenters. The van der Waals surface area contributed by atoms with Crippen LogP contribution in [0, 0.1) is 0 Å². The Morgan fingerprint density at radius 1 is 1.30 bits per heavy atom. The summed E-state index contributed by atoms with van der Waals surface area (Å²) in [4.78, 5) is 20.4. The Kier molecular flexibility index (Phi) is 8.46. The van der Waals surface area contributed by atoms with Crippen LogP contribution in [0.3, 0.4) is 0 Å². The lowest BCUT2D eigenvalue weighted by atomic mass is 9.95. The Balaban J connectivity index is 1.68. The average molecular weight is 598 g/mol. The minimum absolute atomic E-state index is 0.0203. The summed E-state index contributed by atoms with van der Waals surface area (Å²) in [5, 5.41) is 10.1. The average Bonchev–Trinajstić information content (AvgIpc) is 3.28. The number of primary amides is 1. The van der Waals surface area contributed by atoms with Crippen molar-refractivity contribution in [3.8, 4) is 0 Å². The molecule has 40 heavy (non-hydrogen) atoms. The lowest BCUT2D eigenvalue weighted by molar-refractivity contribution is -0.106. The summed E-state index contributed by atoms with van der Waals surface area (Å²) in [5.74, 6) is -2.55. The number of anilines is 2. The number of aromatic nitrogens is 4. The SMILES string of the molecule is C[C@H](OC1CC(c2[nH]nc(Nc3cnccn3)c2C(N)=O)=CC=C1NS(=O)(=O)CC(F)(F)F)c1cccc(Cl)c1. The number of halogens is 4. The van der Waals surface area contributed by atoms with Gasteiger partial charge in [-0.25, -0.2) is 13.4 Å². The van der Waals surface area contributed by atoms with Gasteiger partial charge in [0.1, 0.15) is 17.5 Å². The van der Waals surface area contributed by atoms with E-state index in [0.29, 0.717) is 22.0 Å². The van der Waals surface area contributed by atoms with Crippen molar-refractivity contribution in [1.29, 1.82) is 0 Å². The number of carbonyl (C=O) groups excluding carboxylic acids is 1. The van der Waals surface area contributed by atoms with Crippen LogP contribution in [0.25, 0.3) is 5.57 Å². The Morgan fingerprint density at radius 2 is 2.08 bits per heavy atom. The van der Waals surface area contributed by atoms with Crippen molar-refractivity contribution in [3.63, 3.8) is 0 Å². The number of allylic oxidation sites excluding steroid dienone is 2. The smallest absolute Gasteiger partial charge is 0.365 e. The van der Waals surface area contributed by atoms with Crippen molar-refractivity contribution in [2.75, 3.05) is 11.1 Å². The van der Waals surface area contributed by atoms with Crippen LogP contribution in [-0.4, -0.2) is 52.5 Å². The van der Waals surface area contributed by atoms with Crippen LogP contribution in [0.2, 0.25) is 5.02 Å². The van der Waals surface area contributed by atoms with Gasteiger partial charge in [-0.05, 0) is 36.3 Å². The summed E-state index contributed by atoms with van der Waals surface area (Å²) >= 11 is 6.08. The molecule has 1 aliphatic rings. The molecule has 11 nitrogen and oxygen atoms in total. The molecular weight excluding hydrogens is 575 g/mol. The number of nitrogens with zero attached hydrogens (tertiary/aromatic N) is 3. The highest BCUT2D eigenvalue weighted by Crippen LogP contribution is 2.35. The number of nitrogens with two attached hydrogens (primary N) is 1. The molecule has 0 aliphatic heterocycles. The molecule has 0 saturated heterocycles. The molecule has 0 bridgehead atoms. The number of rotatable bonds is 10. The molecule has 16 heteroatoms. The van der Waals surface area contributed by atoms with E-state index in [2.05, 4.69) is 25.5 Å². The first-order valence-electron chi connectivity index (χ1n) is 11.6. The zero-order valence-electron chi connectivity index (χ0n) is 20.7. The number of hydrogen-bond donors (Lipinski definition) is 4. The molecule has 1 aromatic carbocycles. The molecule has 1 unspecified atom stereocenters. The summed E-state index contributed by atoms with van der Waals surface area (Å²) < 4.78 is 71.3. The van der Waals surface area contributed by atoms with Gasteiger partial charge in [0.15, 0.2) is 11.6 Å². The third-order valence-corrected chi connectivity index (χ3v) is 7.16. The first-order valence-corrected chi connectivity index (χ1v) is 13.6. The number of H-pyrrole nitrogens is 1. The molecule has 4 rings (SSSR count). The van der Waals surface area contributed by atoms with Gasteiger partial charge in [0.2, 0.25) is 10.0 Å². The molecule has 5 N–H and O–H groups in total. The van der Waals surface area contributed by atoms with E-state index in [4.69, 9.17) is 22.1 Å². The van der Waals surface area contributed by atoms with E-state index in [1.807, 2.05) is 4.72 Å².